The zero-order valence-corrected chi connectivity index (χ0v) is 30.3. The molecular weight excluding hydrogens is 766 g/mol. The van der Waals surface area contributed by atoms with E-state index in [0.717, 1.165) is 0 Å². The number of aliphatic hydroxyl groups is 1. The zero-order chi connectivity index (χ0) is 41.5. The van der Waals surface area contributed by atoms with Crippen LogP contribution in [-0.2, 0) is 47.9 Å². The molecule has 0 rings (SSSR count). The van der Waals surface area contributed by atoms with Crippen molar-refractivity contribution in [2.24, 2.45) is 22.2 Å². The van der Waals surface area contributed by atoms with Gasteiger partial charge in [-0.2, -0.15) is 25.3 Å². The highest BCUT2D eigenvalue weighted by molar-refractivity contribution is 7.80. The second-order valence-corrected chi connectivity index (χ2v) is 11.7. The average molecular weight is 812 g/mol. The van der Waals surface area contributed by atoms with Gasteiger partial charge in [0.05, 0.1) is 38.6 Å². The fourth-order valence-corrected chi connectivity index (χ4v) is 4.37. The fraction of sp³-hybridized carbons (Fsp3) is 0.593. The Morgan fingerprint density at radius 2 is 1.06 bits per heavy atom. The first-order valence-electron chi connectivity index (χ1n) is 15.6. The molecule has 304 valence electrons. The molecule has 0 heterocycles. The van der Waals surface area contributed by atoms with E-state index in [0.29, 0.717) is 6.42 Å². The lowest BCUT2D eigenvalue weighted by atomic mass is 10.1. The van der Waals surface area contributed by atoms with Gasteiger partial charge in [0.1, 0.15) is 30.2 Å². The minimum absolute atomic E-state index is 0.130. The van der Waals surface area contributed by atoms with E-state index in [1.54, 1.807) is 0 Å². The van der Waals surface area contributed by atoms with Gasteiger partial charge in [-0.1, -0.05) is 0 Å². The van der Waals surface area contributed by atoms with Crippen LogP contribution in [0.25, 0.3) is 0 Å². The molecule has 7 amide bonds. The van der Waals surface area contributed by atoms with Crippen LogP contribution in [0, 0.1) is 0 Å². The van der Waals surface area contributed by atoms with Crippen molar-refractivity contribution in [1.82, 2.24) is 37.2 Å². The highest BCUT2D eigenvalue weighted by atomic mass is 32.1. The van der Waals surface area contributed by atoms with Crippen LogP contribution < -0.4 is 54.4 Å². The molecule has 0 fully saturated rings. The molecule has 0 spiro atoms. The van der Waals surface area contributed by atoms with Crippen LogP contribution in [0.2, 0.25) is 0 Å². The SMILES string of the molecule is NC(N)=NCCC[C@H](N)C(=O)N[C@@H](CS)C(=O)NCC(=O)NCC(=O)N[C@@H](CC(=O)O)C(=O)N[C@@H](CO)C(=O)N[C@@H](CC(=O)O)C(=O)N[C@@H](CS)C(=O)O. The molecule has 0 unspecified atom stereocenters. The fourth-order valence-electron chi connectivity index (χ4n) is 3.86. The first-order valence-corrected chi connectivity index (χ1v) is 16.9. The summed E-state index contributed by atoms with van der Waals surface area (Å²) >= 11 is 7.75. The zero-order valence-electron chi connectivity index (χ0n) is 28.5. The van der Waals surface area contributed by atoms with E-state index in [1.165, 1.54) is 0 Å². The smallest absolute Gasteiger partial charge is 0.327 e. The minimum atomic E-state index is -1.93. The number of guanidine groups is 1. The minimum Gasteiger partial charge on any atom is -0.481 e. The summed E-state index contributed by atoms with van der Waals surface area (Å²) in [5.41, 5.74) is 16.2. The number of nitrogens with two attached hydrogens (primary N) is 3. The van der Waals surface area contributed by atoms with Gasteiger partial charge in [0.25, 0.3) is 0 Å². The number of aliphatic hydroxyl groups excluding tert-OH is 1. The van der Waals surface area contributed by atoms with Crippen molar-refractivity contribution in [3.05, 3.63) is 0 Å². The number of nitrogens with one attached hydrogen (secondary N) is 7. The number of carboxylic acids is 3. The lowest BCUT2D eigenvalue weighted by molar-refractivity contribution is -0.143. The van der Waals surface area contributed by atoms with Crippen LogP contribution in [-0.4, -0.2) is 160 Å². The molecule has 0 saturated heterocycles. The van der Waals surface area contributed by atoms with E-state index in [1.807, 2.05) is 21.3 Å². The third kappa shape index (κ3) is 20.0. The summed E-state index contributed by atoms with van der Waals surface area (Å²) in [5, 5.41) is 51.7. The first kappa shape index (κ1) is 48.6. The number of thiol groups is 2. The van der Waals surface area contributed by atoms with Crippen LogP contribution in [0.5, 0.6) is 0 Å². The molecule has 0 aromatic carbocycles. The van der Waals surface area contributed by atoms with Gasteiger partial charge in [-0.05, 0) is 12.8 Å². The van der Waals surface area contributed by atoms with E-state index in [-0.39, 0.29) is 24.7 Å². The van der Waals surface area contributed by atoms with Crippen LogP contribution in [0.15, 0.2) is 4.99 Å². The highest BCUT2D eigenvalue weighted by Crippen LogP contribution is 2.01. The lowest BCUT2D eigenvalue weighted by Crippen LogP contribution is -2.59. The second-order valence-electron chi connectivity index (χ2n) is 11.0. The van der Waals surface area contributed by atoms with E-state index >= 15 is 0 Å². The maximum Gasteiger partial charge on any atom is 0.327 e. The Hall–Kier alpha value is -5.41. The molecule has 0 aliphatic carbocycles. The summed E-state index contributed by atoms with van der Waals surface area (Å²) in [7, 11) is 0. The second kappa shape index (κ2) is 25.5. The van der Waals surface area contributed by atoms with Crippen LogP contribution in [0.4, 0.5) is 0 Å². The van der Waals surface area contributed by atoms with Crippen molar-refractivity contribution in [3.8, 4) is 0 Å². The summed E-state index contributed by atoms with van der Waals surface area (Å²) < 4.78 is 0. The molecule has 17 N–H and O–H groups in total. The van der Waals surface area contributed by atoms with Gasteiger partial charge >= 0.3 is 17.9 Å². The summed E-state index contributed by atoms with van der Waals surface area (Å²) in [6.45, 7) is -2.50. The number of carboxylic acid groups (broad SMARTS) is 3. The number of amides is 7. The summed E-state index contributed by atoms with van der Waals surface area (Å²) in [6, 6.07) is -9.52. The topological polar surface area (TPSA) is 426 Å². The molecule has 0 radical (unpaired) electrons. The monoisotopic (exact) mass is 811 g/mol. The van der Waals surface area contributed by atoms with Gasteiger partial charge in [-0.25, -0.2) is 4.79 Å². The molecule has 0 aliphatic rings. The number of hydrogen-bond donors (Lipinski definition) is 16. The molecule has 0 aromatic rings. The number of hydrogen-bond acceptors (Lipinski definition) is 15. The Morgan fingerprint density at radius 1 is 0.593 bits per heavy atom. The van der Waals surface area contributed by atoms with Crippen LogP contribution in [0.3, 0.4) is 0 Å². The van der Waals surface area contributed by atoms with Crippen LogP contribution in [0.1, 0.15) is 25.7 Å². The summed E-state index contributed by atoms with van der Waals surface area (Å²) in [6.07, 6.45) is -1.57. The van der Waals surface area contributed by atoms with Gasteiger partial charge in [-0.3, -0.25) is 48.1 Å². The largest absolute Gasteiger partial charge is 0.481 e. The molecule has 0 bridgehead atoms. The first-order chi connectivity index (χ1) is 25.2. The molecule has 54 heavy (non-hydrogen) atoms. The third-order valence-electron chi connectivity index (χ3n) is 6.64. The van der Waals surface area contributed by atoms with Gasteiger partial charge in [0.15, 0.2) is 5.96 Å². The Kier molecular flexibility index (Phi) is 23.0. The Balaban J connectivity index is 5.25. The highest BCUT2D eigenvalue weighted by Gasteiger charge is 2.33. The number of carbonyl (C=O) groups is 10. The van der Waals surface area contributed by atoms with Crippen molar-refractivity contribution in [2.75, 3.05) is 37.7 Å². The number of aliphatic carboxylic acids is 3. The van der Waals surface area contributed by atoms with Gasteiger partial charge < -0.3 is 74.8 Å². The predicted octanol–water partition coefficient (Wildman–Crippen LogP) is -8.09. The standard InChI is InChI=1S/C27H45N11O14S2/c28-11(2-1-3-31-27(29)30)21(46)37-15(9-53)22(47)33-6-17(40)32-7-18(41)34-12(4-19(42)43)23(48)36-14(8-39)25(50)35-13(5-20(44)45)24(49)38-16(10-54)26(51)52/h11-16,39,53-54H,1-10,28H2,(H,32,40)(H,33,47)(H,34,41)(H,35,50)(H,36,48)(H,37,46)(H,38,49)(H,42,43)(H,44,45)(H,51,52)(H4,29,30,31)/t11-,12-,13-,14-,15-,16-/m0/s1. The molecular formula is C27H45N11O14S2. The normalized spacial score (nSPS) is 13.9. The molecule has 25 nitrogen and oxygen atoms in total. The number of nitrogens with zero attached hydrogens (tertiary/aromatic N) is 1. The van der Waals surface area contributed by atoms with E-state index in [9.17, 15) is 58.2 Å². The third-order valence-corrected chi connectivity index (χ3v) is 7.37. The predicted molar refractivity (Wildman–Crippen MR) is 190 cm³/mol. The van der Waals surface area contributed by atoms with E-state index in [4.69, 9.17) is 27.4 Å². The quantitative estimate of drug-likeness (QED) is 0.0167. The van der Waals surface area contributed by atoms with Crippen LogP contribution >= 0.6 is 25.3 Å². The molecule has 27 heteroatoms. The Bertz CT molecular complexity index is 1420. The molecule has 6 atom stereocenters. The molecule has 0 saturated carbocycles. The van der Waals surface area contributed by atoms with Crippen molar-refractivity contribution < 1.29 is 68.4 Å². The summed E-state index contributed by atoms with van der Waals surface area (Å²) in [4.78, 5) is 125. The van der Waals surface area contributed by atoms with E-state index < -0.39 is 134 Å². The number of aliphatic imine (C=N–C) groups is 1. The van der Waals surface area contributed by atoms with Gasteiger partial charge in [0.2, 0.25) is 41.4 Å². The van der Waals surface area contributed by atoms with Crippen molar-refractivity contribution in [3.63, 3.8) is 0 Å². The lowest BCUT2D eigenvalue weighted by Gasteiger charge is -2.24. The average Bonchev–Trinajstić information content (AvgIpc) is 3.09. The Morgan fingerprint density at radius 3 is 1.54 bits per heavy atom. The maximum atomic E-state index is 12.8. The van der Waals surface area contributed by atoms with Crippen molar-refractivity contribution >= 4 is 90.5 Å². The Labute approximate surface area is 317 Å². The van der Waals surface area contributed by atoms with Crippen molar-refractivity contribution in [2.45, 2.75) is 61.9 Å². The molecule has 0 aromatic heterocycles. The van der Waals surface area contributed by atoms with E-state index in [2.05, 4.69) is 46.2 Å². The summed E-state index contributed by atoms with van der Waals surface area (Å²) in [5.74, 6) is -13.0. The molecule has 0 aliphatic heterocycles. The maximum absolute atomic E-state index is 12.8. The number of carbonyl (C=O) groups excluding carboxylic acids is 7. The van der Waals surface area contributed by atoms with Gasteiger partial charge in [0, 0.05) is 18.1 Å². The number of rotatable bonds is 26. The van der Waals surface area contributed by atoms with Crippen molar-refractivity contribution in [1.29, 1.82) is 0 Å². The van der Waals surface area contributed by atoms with Gasteiger partial charge in [-0.15, -0.1) is 0 Å².